The number of imidazole rings is 1. The van der Waals surface area contributed by atoms with Crippen molar-refractivity contribution in [3.63, 3.8) is 0 Å². The second-order valence-corrected chi connectivity index (χ2v) is 6.18. The Labute approximate surface area is 147 Å². The largest absolute Gasteiger partial charge is 0.379 e. The van der Waals surface area contributed by atoms with Crippen LogP contribution in [0.5, 0.6) is 0 Å². The van der Waals surface area contributed by atoms with Crippen LogP contribution in [0.15, 0.2) is 59.6 Å². The maximum absolute atomic E-state index is 5.43. The van der Waals surface area contributed by atoms with Crippen LogP contribution in [0, 0.1) is 0 Å². The molecule has 0 aliphatic carbocycles. The van der Waals surface area contributed by atoms with Crippen molar-refractivity contribution in [1.29, 1.82) is 0 Å². The lowest BCUT2D eigenvalue weighted by atomic mass is 10.2. The van der Waals surface area contributed by atoms with E-state index in [-0.39, 0.29) is 0 Å². The van der Waals surface area contributed by atoms with E-state index in [0.29, 0.717) is 0 Å². The van der Waals surface area contributed by atoms with Crippen molar-refractivity contribution in [2.24, 2.45) is 4.99 Å². The fourth-order valence-corrected chi connectivity index (χ4v) is 3.12. The molecule has 128 valence electrons. The van der Waals surface area contributed by atoms with Crippen molar-refractivity contribution in [2.75, 3.05) is 32.8 Å². The normalized spacial score (nSPS) is 16.0. The van der Waals surface area contributed by atoms with Gasteiger partial charge in [-0.1, -0.05) is 42.5 Å². The predicted molar refractivity (Wildman–Crippen MR) is 101 cm³/mol. The van der Waals surface area contributed by atoms with Gasteiger partial charge in [0.05, 0.1) is 24.2 Å². The molecular weight excluding hydrogens is 312 g/mol. The van der Waals surface area contributed by atoms with E-state index in [2.05, 4.69) is 26.6 Å². The molecule has 4 rings (SSSR count). The summed E-state index contributed by atoms with van der Waals surface area (Å²) in [5.74, 6) is 0.762. The Balaban J connectivity index is 1.60. The SMILES string of the molecule is C(=Nc1nc2ccccc2n1CCN1CCOCC1)c1ccccc1. The molecule has 1 fully saturated rings. The minimum Gasteiger partial charge on any atom is -0.379 e. The molecule has 1 aliphatic rings. The van der Waals surface area contributed by atoms with Gasteiger partial charge in [-0.15, -0.1) is 0 Å². The Hall–Kier alpha value is -2.50. The number of hydrogen-bond acceptors (Lipinski definition) is 4. The predicted octanol–water partition coefficient (Wildman–Crippen LogP) is 3.12. The zero-order valence-electron chi connectivity index (χ0n) is 14.2. The van der Waals surface area contributed by atoms with Crippen LogP contribution in [-0.2, 0) is 11.3 Å². The minimum atomic E-state index is 0.762. The first kappa shape index (κ1) is 16.0. The molecule has 0 atom stereocenters. The number of aliphatic imine (C=N–C) groups is 1. The molecule has 1 saturated heterocycles. The molecule has 1 aliphatic heterocycles. The molecule has 0 amide bonds. The van der Waals surface area contributed by atoms with Crippen molar-refractivity contribution < 1.29 is 4.74 Å². The van der Waals surface area contributed by atoms with Crippen LogP contribution in [0.3, 0.4) is 0 Å². The summed E-state index contributed by atoms with van der Waals surface area (Å²) in [6, 6.07) is 18.4. The molecule has 1 aromatic heterocycles. The van der Waals surface area contributed by atoms with E-state index < -0.39 is 0 Å². The van der Waals surface area contributed by atoms with Crippen LogP contribution in [0.1, 0.15) is 5.56 Å². The van der Waals surface area contributed by atoms with Gasteiger partial charge in [-0.25, -0.2) is 9.98 Å². The highest BCUT2D eigenvalue weighted by atomic mass is 16.5. The van der Waals surface area contributed by atoms with E-state index in [9.17, 15) is 0 Å². The van der Waals surface area contributed by atoms with Gasteiger partial charge in [0, 0.05) is 32.4 Å². The molecule has 5 nitrogen and oxygen atoms in total. The summed E-state index contributed by atoms with van der Waals surface area (Å²) in [6.45, 7) is 5.50. The van der Waals surface area contributed by atoms with Crippen molar-refractivity contribution in [1.82, 2.24) is 14.5 Å². The number of fused-ring (bicyclic) bond motifs is 1. The summed E-state index contributed by atoms with van der Waals surface area (Å²) >= 11 is 0. The molecule has 2 heterocycles. The third-order valence-corrected chi connectivity index (χ3v) is 4.51. The first-order chi connectivity index (χ1) is 12.4. The second-order valence-electron chi connectivity index (χ2n) is 6.18. The van der Waals surface area contributed by atoms with Crippen LogP contribution in [-0.4, -0.2) is 53.5 Å². The van der Waals surface area contributed by atoms with Gasteiger partial charge in [-0.3, -0.25) is 4.90 Å². The Kier molecular flexibility index (Phi) is 4.86. The third-order valence-electron chi connectivity index (χ3n) is 4.51. The maximum Gasteiger partial charge on any atom is 0.230 e. The molecule has 0 saturated carbocycles. The highest BCUT2D eigenvalue weighted by molar-refractivity contribution is 5.83. The molecular formula is C20H22N4O. The van der Waals surface area contributed by atoms with Gasteiger partial charge in [0.1, 0.15) is 0 Å². The van der Waals surface area contributed by atoms with Gasteiger partial charge in [-0.2, -0.15) is 0 Å². The third kappa shape index (κ3) is 3.78. The van der Waals surface area contributed by atoms with Crippen molar-refractivity contribution in [2.45, 2.75) is 6.54 Å². The van der Waals surface area contributed by atoms with Crippen molar-refractivity contribution in [3.8, 4) is 0 Å². The molecule has 0 radical (unpaired) electrons. The number of para-hydroxylation sites is 2. The average Bonchev–Trinajstić information content (AvgIpc) is 3.04. The topological polar surface area (TPSA) is 42.7 Å². The van der Waals surface area contributed by atoms with Crippen LogP contribution >= 0.6 is 0 Å². The Morgan fingerprint density at radius 3 is 2.56 bits per heavy atom. The van der Waals surface area contributed by atoms with Gasteiger partial charge in [0.25, 0.3) is 0 Å². The molecule has 3 aromatic rings. The van der Waals surface area contributed by atoms with E-state index in [1.807, 2.05) is 48.7 Å². The number of hydrogen-bond donors (Lipinski definition) is 0. The number of benzene rings is 2. The van der Waals surface area contributed by atoms with Gasteiger partial charge in [0.15, 0.2) is 0 Å². The summed E-state index contributed by atoms with van der Waals surface area (Å²) in [5, 5.41) is 0. The van der Waals surface area contributed by atoms with E-state index >= 15 is 0 Å². The second kappa shape index (κ2) is 7.59. The minimum absolute atomic E-state index is 0.762. The van der Waals surface area contributed by atoms with Crippen LogP contribution in [0.4, 0.5) is 5.95 Å². The number of ether oxygens (including phenoxy) is 1. The smallest absolute Gasteiger partial charge is 0.230 e. The van der Waals surface area contributed by atoms with Crippen LogP contribution in [0.2, 0.25) is 0 Å². The van der Waals surface area contributed by atoms with Gasteiger partial charge < -0.3 is 9.30 Å². The summed E-state index contributed by atoms with van der Waals surface area (Å²) < 4.78 is 7.65. The lowest BCUT2D eigenvalue weighted by molar-refractivity contribution is 0.0366. The quantitative estimate of drug-likeness (QED) is 0.673. The average molecular weight is 334 g/mol. The number of nitrogens with zero attached hydrogens (tertiary/aromatic N) is 4. The number of aromatic nitrogens is 2. The lowest BCUT2D eigenvalue weighted by Gasteiger charge is -2.26. The summed E-state index contributed by atoms with van der Waals surface area (Å²) in [7, 11) is 0. The molecule has 0 unspecified atom stereocenters. The van der Waals surface area contributed by atoms with Gasteiger partial charge in [0.2, 0.25) is 5.95 Å². The highest BCUT2D eigenvalue weighted by Gasteiger charge is 2.13. The Morgan fingerprint density at radius 1 is 0.960 bits per heavy atom. The van der Waals surface area contributed by atoms with Crippen LogP contribution in [0.25, 0.3) is 11.0 Å². The van der Waals surface area contributed by atoms with Gasteiger partial charge >= 0.3 is 0 Å². The van der Waals surface area contributed by atoms with Crippen LogP contribution < -0.4 is 0 Å². The fourth-order valence-electron chi connectivity index (χ4n) is 3.12. The van der Waals surface area contributed by atoms with E-state index in [1.165, 1.54) is 0 Å². The highest BCUT2D eigenvalue weighted by Crippen LogP contribution is 2.21. The standard InChI is InChI=1S/C20H22N4O/c1-2-6-17(7-3-1)16-21-20-22-18-8-4-5-9-19(18)24(20)11-10-23-12-14-25-15-13-23/h1-9,16H,10-15H2. The van der Waals surface area contributed by atoms with E-state index in [0.717, 1.165) is 61.9 Å². The molecule has 2 aromatic carbocycles. The summed E-state index contributed by atoms with van der Waals surface area (Å²) in [6.07, 6.45) is 1.88. The van der Waals surface area contributed by atoms with Crippen molar-refractivity contribution in [3.05, 3.63) is 60.2 Å². The Morgan fingerprint density at radius 2 is 1.72 bits per heavy atom. The van der Waals surface area contributed by atoms with Gasteiger partial charge in [-0.05, 0) is 17.7 Å². The summed E-state index contributed by atoms with van der Waals surface area (Å²) in [4.78, 5) is 11.8. The first-order valence-corrected chi connectivity index (χ1v) is 8.75. The monoisotopic (exact) mass is 334 g/mol. The zero-order valence-corrected chi connectivity index (χ0v) is 14.2. The molecule has 0 spiro atoms. The number of rotatable bonds is 5. The molecule has 25 heavy (non-hydrogen) atoms. The molecule has 0 N–H and O–H groups in total. The maximum atomic E-state index is 5.43. The van der Waals surface area contributed by atoms with Crippen molar-refractivity contribution >= 4 is 23.2 Å². The fraction of sp³-hybridized carbons (Fsp3) is 0.300. The van der Waals surface area contributed by atoms with E-state index in [4.69, 9.17) is 9.72 Å². The molecule has 0 bridgehead atoms. The zero-order chi connectivity index (χ0) is 16.9. The Bertz CT molecular complexity index is 851. The number of morpholine rings is 1. The lowest BCUT2D eigenvalue weighted by Crippen LogP contribution is -2.38. The molecule has 5 heteroatoms. The van der Waals surface area contributed by atoms with E-state index in [1.54, 1.807) is 0 Å². The summed E-state index contributed by atoms with van der Waals surface area (Å²) in [5.41, 5.74) is 3.20. The first-order valence-electron chi connectivity index (χ1n) is 8.75.